The summed E-state index contributed by atoms with van der Waals surface area (Å²) < 4.78 is 5.19. The molecule has 0 spiro atoms. The van der Waals surface area contributed by atoms with Crippen LogP contribution in [0.5, 0.6) is 5.75 Å². The average molecular weight is 252 g/mol. The summed E-state index contributed by atoms with van der Waals surface area (Å²) >= 11 is 0. The summed E-state index contributed by atoms with van der Waals surface area (Å²) in [7, 11) is 1.69. The van der Waals surface area contributed by atoms with Crippen LogP contribution in [0.1, 0.15) is 25.0 Å². The first-order chi connectivity index (χ1) is 9.12. The Kier molecular flexibility index (Phi) is 4.06. The van der Waals surface area contributed by atoms with Crippen LogP contribution >= 0.6 is 0 Å². The maximum absolute atomic E-state index is 5.19. The second-order valence-electron chi connectivity index (χ2n) is 5.19. The summed E-state index contributed by atoms with van der Waals surface area (Å²) in [6.45, 7) is 4.43. The third-order valence-corrected chi connectivity index (χ3v) is 3.33. The minimum Gasteiger partial charge on any atom is -0.497 e. The lowest BCUT2D eigenvalue weighted by Crippen LogP contribution is -2.12. The Morgan fingerprint density at radius 3 is 2.11 bits per heavy atom. The molecule has 0 N–H and O–H groups in total. The minimum absolute atomic E-state index is 0.00210. The first kappa shape index (κ1) is 13.4. The predicted octanol–water partition coefficient (Wildman–Crippen LogP) is 4.69. The average Bonchev–Trinajstić information content (AvgIpc) is 2.46. The maximum Gasteiger partial charge on any atom is 0.118 e. The number of benzene rings is 2. The van der Waals surface area contributed by atoms with Gasteiger partial charge < -0.3 is 4.74 Å². The van der Waals surface area contributed by atoms with Gasteiger partial charge in [0.15, 0.2) is 0 Å². The Morgan fingerprint density at radius 2 is 1.53 bits per heavy atom. The topological polar surface area (TPSA) is 9.23 Å². The van der Waals surface area contributed by atoms with Gasteiger partial charge in [0, 0.05) is 5.41 Å². The number of hydrogen-bond donors (Lipinski definition) is 0. The molecule has 2 aromatic rings. The normalized spacial score (nSPS) is 11.7. The van der Waals surface area contributed by atoms with Gasteiger partial charge in [-0.15, -0.1) is 0 Å². The van der Waals surface area contributed by atoms with Crippen molar-refractivity contribution in [3.63, 3.8) is 0 Å². The van der Waals surface area contributed by atoms with E-state index in [0.717, 1.165) is 5.75 Å². The second-order valence-corrected chi connectivity index (χ2v) is 5.19. The van der Waals surface area contributed by atoms with E-state index in [1.165, 1.54) is 11.1 Å². The number of methoxy groups -OCH3 is 1. The smallest absolute Gasteiger partial charge is 0.118 e. The van der Waals surface area contributed by atoms with E-state index >= 15 is 0 Å². The molecular formula is C18H20O. The van der Waals surface area contributed by atoms with Crippen LogP contribution in [0.15, 0.2) is 60.7 Å². The van der Waals surface area contributed by atoms with Crippen LogP contribution in [0.3, 0.4) is 0 Å². The number of allylic oxidation sites excluding steroid dienone is 1. The Balaban J connectivity index is 2.19. The van der Waals surface area contributed by atoms with Crippen LogP contribution in [0, 0.1) is 0 Å². The zero-order valence-corrected chi connectivity index (χ0v) is 11.8. The van der Waals surface area contributed by atoms with Crippen molar-refractivity contribution in [1.29, 1.82) is 0 Å². The molecule has 0 radical (unpaired) electrons. The van der Waals surface area contributed by atoms with Gasteiger partial charge in [0.2, 0.25) is 0 Å². The standard InChI is InChI=1S/C18H20O/c1-18(2,14-13-15-7-5-4-6-8-15)16-9-11-17(19-3)12-10-16/h4-14H,1-3H3/b14-13+. The Bertz CT molecular complexity index is 536. The monoisotopic (exact) mass is 252 g/mol. The van der Waals surface area contributed by atoms with Crippen LogP contribution in [-0.2, 0) is 5.41 Å². The molecule has 98 valence electrons. The molecule has 1 heteroatoms. The van der Waals surface area contributed by atoms with Gasteiger partial charge in [-0.2, -0.15) is 0 Å². The Labute approximate surface area is 115 Å². The quantitative estimate of drug-likeness (QED) is 0.767. The molecule has 0 bridgehead atoms. The summed E-state index contributed by atoms with van der Waals surface area (Å²) in [5, 5.41) is 0. The van der Waals surface area contributed by atoms with Crippen molar-refractivity contribution in [3.05, 3.63) is 71.8 Å². The van der Waals surface area contributed by atoms with Crippen LogP contribution in [0.2, 0.25) is 0 Å². The van der Waals surface area contributed by atoms with E-state index in [4.69, 9.17) is 4.74 Å². The van der Waals surface area contributed by atoms with Crippen molar-refractivity contribution in [2.24, 2.45) is 0 Å². The molecule has 0 amide bonds. The third-order valence-electron chi connectivity index (χ3n) is 3.33. The summed E-state index contributed by atoms with van der Waals surface area (Å²) in [6, 6.07) is 18.6. The van der Waals surface area contributed by atoms with E-state index in [9.17, 15) is 0 Å². The molecule has 2 rings (SSSR count). The lowest BCUT2D eigenvalue weighted by Gasteiger charge is -2.21. The Morgan fingerprint density at radius 1 is 0.895 bits per heavy atom. The van der Waals surface area contributed by atoms with Crippen molar-refractivity contribution in [2.45, 2.75) is 19.3 Å². The second kappa shape index (κ2) is 5.75. The SMILES string of the molecule is COc1ccc(C(C)(C)/C=C/c2ccccc2)cc1. The molecule has 0 aromatic heterocycles. The highest BCUT2D eigenvalue weighted by Gasteiger charge is 2.16. The van der Waals surface area contributed by atoms with Gasteiger partial charge >= 0.3 is 0 Å². The Hall–Kier alpha value is -2.02. The molecule has 0 fully saturated rings. The zero-order valence-electron chi connectivity index (χ0n) is 11.8. The van der Waals surface area contributed by atoms with Gasteiger partial charge in [-0.05, 0) is 23.3 Å². The zero-order chi connectivity index (χ0) is 13.7. The van der Waals surface area contributed by atoms with E-state index in [-0.39, 0.29) is 5.41 Å². The molecule has 0 aliphatic carbocycles. The molecular weight excluding hydrogens is 232 g/mol. The largest absolute Gasteiger partial charge is 0.497 e. The fourth-order valence-corrected chi connectivity index (χ4v) is 1.99. The van der Waals surface area contributed by atoms with Gasteiger partial charge in [-0.3, -0.25) is 0 Å². The molecule has 0 aliphatic rings. The fourth-order valence-electron chi connectivity index (χ4n) is 1.99. The van der Waals surface area contributed by atoms with E-state index in [2.05, 4.69) is 62.4 Å². The summed E-state index contributed by atoms with van der Waals surface area (Å²) in [5.74, 6) is 0.895. The van der Waals surface area contributed by atoms with Gasteiger partial charge in [0.25, 0.3) is 0 Å². The van der Waals surface area contributed by atoms with Crippen LogP contribution in [-0.4, -0.2) is 7.11 Å². The summed E-state index contributed by atoms with van der Waals surface area (Å²) in [6.07, 6.45) is 4.41. The van der Waals surface area contributed by atoms with E-state index < -0.39 is 0 Å². The minimum atomic E-state index is 0.00210. The van der Waals surface area contributed by atoms with Gasteiger partial charge in [0.05, 0.1) is 7.11 Å². The molecule has 19 heavy (non-hydrogen) atoms. The predicted molar refractivity (Wildman–Crippen MR) is 81.5 cm³/mol. The molecule has 0 saturated carbocycles. The summed E-state index contributed by atoms with van der Waals surface area (Å²) in [4.78, 5) is 0. The van der Waals surface area contributed by atoms with E-state index in [1.807, 2.05) is 18.2 Å². The molecule has 1 nitrogen and oxygen atoms in total. The fraction of sp³-hybridized carbons (Fsp3) is 0.222. The molecule has 0 atom stereocenters. The highest BCUT2D eigenvalue weighted by Crippen LogP contribution is 2.27. The maximum atomic E-state index is 5.19. The van der Waals surface area contributed by atoms with Crippen molar-refractivity contribution in [3.8, 4) is 5.75 Å². The number of ether oxygens (including phenoxy) is 1. The first-order valence-corrected chi connectivity index (χ1v) is 6.51. The van der Waals surface area contributed by atoms with Crippen LogP contribution < -0.4 is 4.74 Å². The number of hydrogen-bond acceptors (Lipinski definition) is 1. The molecule has 0 aliphatic heterocycles. The van der Waals surface area contributed by atoms with Gasteiger partial charge in [-0.25, -0.2) is 0 Å². The highest BCUT2D eigenvalue weighted by atomic mass is 16.5. The molecule has 0 saturated heterocycles. The van der Waals surface area contributed by atoms with Gasteiger partial charge in [0.1, 0.15) is 5.75 Å². The third kappa shape index (κ3) is 3.47. The lowest BCUT2D eigenvalue weighted by atomic mass is 9.84. The number of rotatable bonds is 4. The van der Waals surface area contributed by atoms with Crippen molar-refractivity contribution in [2.75, 3.05) is 7.11 Å². The van der Waals surface area contributed by atoms with Gasteiger partial charge in [-0.1, -0.05) is 68.5 Å². The van der Waals surface area contributed by atoms with E-state index in [1.54, 1.807) is 7.11 Å². The van der Waals surface area contributed by atoms with E-state index in [0.29, 0.717) is 0 Å². The first-order valence-electron chi connectivity index (χ1n) is 6.51. The van der Waals surface area contributed by atoms with Crippen molar-refractivity contribution in [1.82, 2.24) is 0 Å². The van der Waals surface area contributed by atoms with Crippen LogP contribution in [0.4, 0.5) is 0 Å². The molecule has 0 unspecified atom stereocenters. The van der Waals surface area contributed by atoms with Crippen molar-refractivity contribution >= 4 is 6.08 Å². The lowest BCUT2D eigenvalue weighted by molar-refractivity contribution is 0.414. The van der Waals surface area contributed by atoms with Crippen molar-refractivity contribution < 1.29 is 4.74 Å². The molecule has 2 aromatic carbocycles. The highest BCUT2D eigenvalue weighted by molar-refractivity contribution is 5.52. The van der Waals surface area contributed by atoms with Crippen LogP contribution in [0.25, 0.3) is 6.08 Å². The summed E-state index contributed by atoms with van der Waals surface area (Å²) in [5.41, 5.74) is 2.51. The molecule has 0 heterocycles.